The van der Waals surface area contributed by atoms with E-state index in [1.807, 2.05) is 42.5 Å². The molecule has 0 unspecified atom stereocenters. The van der Waals surface area contributed by atoms with E-state index in [-0.39, 0.29) is 24.0 Å². The van der Waals surface area contributed by atoms with E-state index in [2.05, 4.69) is 10.3 Å². The lowest BCUT2D eigenvalue weighted by Crippen LogP contribution is -2.33. The molecule has 2 aromatic rings. The van der Waals surface area contributed by atoms with Crippen LogP contribution < -0.4 is 20.5 Å². The van der Waals surface area contributed by atoms with Gasteiger partial charge in [0.05, 0.1) is 20.8 Å². The van der Waals surface area contributed by atoms with Crippen molar-refractivity contribution >= 4 is 41.5 Å². The van der Waals surface area contributed by atoms with E-state index < -0.39 is 0 Å². The Kier molecular flexibility index (Phi) is 9.44. The zero-order valence-corrected chi connectivity index (χ0v) is 17.4. The second kappa shape index (κ2) is 11.0. The topological polar surface area (TPSA) is 68.9 Å². The zero-order valence-electron chi connectivity index (χ0n) is 14.3. The number of benzene rings is 2. The number of methoxy groups -OCH3 is 2. The van der Waals surface area contributed by atoms with Gasteiger partial charge in [-0.05, 0) is 35.7 Å². The first-order chi connectivity index (χ1) is 11.6. The maximum Gasteiger partial charge on any atom is 0.188 e. The largest absolute Gasteiger partial charge is 0.493 e. The maximum atomic E-state index is 6.12. The Morgan fingerprint density at radius 3 is 2.52 bits per heavy atom. The number of rotatable bonds is 7. The van der Waals surface area contributed by atoms with Gasteiger partial charge >= 0.3 is 0 Å². The molecule has 0 aromatic heterocycles. The van der Waals surface area contributed by atoms with E-state index in [9.17, 15) is 0 Å². The van der Waals surface area contributed by atoms with Crippen molar-refractivity contribution in [1.29, 1.82) is 0 Å². The highest BCUT2D eigenvalue weighted by Crippen LogP contribution is 2.27. The number of nitrogens with two attached hydrogens (primary N) is 1. The Labute approximate surface area is 170 Å². The summed E-state index contributed by atoms with van der Waals surface area (Å²) in [5.74, 6) is 1.77. The predicted octanol–water partition coefficient (Wildman–Crippen LogP) is 3.62. The number of hydrogen-bond acceptors (Lipinski definition) is 3. The number of halogens is 2. The van der Waals surface area contributed by atoms with Crippen molar-refractivity contribution < 1.29 is 9.47 Å². The molecule has 0 radical (unpaired) electrons. The summed E-state index contributed by atoms with van der Waals surface area (Å²) < 4.78 is 10.5. The van der Waals surface area contributed by atoms with Gasteiger partial charge < -0.3 is 20.5 Å². The smallest absolute Gasteiger partial charge is 0.188 e. The fourth-order valence-electron chi connectivity index (χ4n) is 2.24. The molecule has 136 valence electrons. The van der Waals surface area contributed by atoms with Crippen LogP contribution in [-0.2, 0) is 13.0 Å². The summed E-state index contributed by atoms with van der Waals surface area (Å²) >= 11 is 6.12. The van der Waals surface area contributed by atoms with Crippen LogP contribution >= 0.6 is 35.6 Å². The van der Waals surface area contributed by atoms with Gasteiger partial charge in [0, 0.05) is 11.6 Å². The Morgan fingerprint density at radius 1 is 1.12 bits per heavy atom. The lowest BCUT2D eigenvalue weighted by Gasteiger charge is -2.09. The lowest BCUT2D eigenvalue weighted by molar-refractivity contribution is 0.354. The molecule has 0 heterocycles. The summed E-state index contributed by atoms with van der Waals surface area (Å²) in [5.41, 5.74) is 7.97. The number of aliphatic imine (C=N–C) groups is 1. The molecule has 5 nitrogen and oxygen atoms in total. The number of nitrogens with one attached hydrogen (secondary N) is 1. The van der Waals surface area contributed by atoms with Crippen LogP contribution in [0.1, 0.15) is 11.1 Å². The van der Waals surface area contributed by atoms with Gasteiger partial charge in [-0.15, -0.1) is 24.0 Å². The summed E-state index contributed by atoms with van der Waals surface area (Å²) in [7, 11) is 3.21. The third-order valence-electron chi connectivity index (χ3n) is 3.54. The standard InChI is InChI=1S/C18H22ClN3O2.HI/c1-23-16-8-7-13(11-17(16)24-2)12-22-18(20)21-10-9-14-5-3-4-6-15(14)19;/h3-8,11H,9-10,12H2,1-2H3,(H3,20,21,22);1H. The highest BCUT2D eigenvalue weighted by molar-refractivity contribution is 14.0. The van der Waals surface area contributed by atoms with Gasteiger partial charge in [0.15, 0.2) is 17.5 Å². The van der Waals surface area contributed by atoms with Crippen molar-refractivity contribution in [2.75, 3.05) is 20.8 Å². The number of nitrogens with zero attached hydrogens (tertiary/aromatic N) is 1. The Bertz CT molecular complexity index is 710. The van der Waals surface area contributed by atoms with Crippen LogP contribution in [0, 0.1) is 0 Å². The lowest BCUT2D eigenvalue weighted by atomic mass is 10.1. The van der Waals surface area contributed by atoms with Crippen molar-refractivity contribution in [3.63, 3.8) is 0 Å². The molecule has 7 heteroatoms. The summed E-state index contributed by atoms with van der Waals surface area (Å²) in [6, 6.07) is 13.4. The fraction of sp³-hybridized carbons (Fsp3) is 0.278. The van der Waals surface area contributed by atoms with Gasteiger partial charge in [0.1, 0.15) is 0 Å². The van der Waals surface area contributed by atoms with Gasteiger partial charge in [-0.2, -0.15) is 0 Å². The van der Waals surface area contributed by atoms with Gasteiger partial charge in [-0.3, -0.25) is 0 Å². The summed E-state index contributed by atoms with van der Waals surface area (Å²) in [4.78, 5) is 4.33. The Morgan fingerprint density at radius 2 is 1.84 bits per heavy atom. The summed E-state index contributed by atoms with van der Waals surface area (Å²) in [6.45, 7) is 1.14. The maximum absolute atomic E-state index is 6.12. The minimum absolute atomic E-state index is 0. The van der Waals surface area contributed by atoms with Gasteiger partial charge in [-0.1, -0.05) is 35.9 Å². The molecule has 0 saturated heterocycles. The molecule has 3 N–H and O–H groups in total. The second-order valence-electron chi connectivity index (χ2n) is 5.16. The second-order valence-corrected chi connectivity index (χ2v) is 5.57. The molecule has 0 saturated carbocycles. The molecular formula is C18H23ClIN3O2. The van der Waals surface area contributed by atoms with Gasteiger partial charge in [-0.25, -0.2) is 4.99 Å². The molecule has 0 bridgehead atoms. The van der Waals surface area contributed by atoms with Crippen LogP contribution in [0.4, 0.5) is 0 Å². The number of ether oxygens (including phenoxy) is 2. The SMILES string of the molecule is COc1ccc(CN=C(N)NCCc2ccccc2Cl)cc1OC.I. The molecule has 0 amide bonds. The molecule has 0 spiro atoms. The Balaban J connectivity index is 0.00000312. The van der Waals surface area contributed by atoms with E-state index in [1.54, 1.807) is 14.2 Å². The molecule has 0 fully saturated rings. The monoisotopic (exact) mass is 475 g/mol. The van der Waals surface area contributed by atoms with Crippen molar-refractivity contribution in [2.45, 2.75) is 13.0 Å². The highest BCUT2D eigenvalue weighted by atomic mass is 127. The normalized spacial score (nSPS) is 10.8. The number of hydrogen-bond donors (Lipinski definition) is 2. The molecule has 25 heavy (non-hydrogen) atoms. The van der Waals surface area contributed by atoms with Crippen LogP contribution in [0.25, 0.3) is 0 Å². The first-order valence-corrected chi connectivity index (χ1v) is 8.00. The van der Waals surface area contributed by atoms with E-state index in [0.717, 1.165) is 22.6 Å². The average molecular weight is 476 g/mol. The van der Waals surface area contributed by atoms with Crippen molar-refractivity contribution in [1.82, 2.24) is 5.32 Å². The third kappa shape index (κ3) is 6.62. The van der Waals surface area contributed by atoms with Crippen LogP contribution in [0.5, 0.6) is 11.5 Å². The fourth-order valence-corrected chi connectivity index (χ4v) is 2.47. The zero-order chi connectivity index (χ0) is 17.4. The average Bonchev–Trinajstić information content (AvgIpc) is 2.61. The first-order valence-electron chi connectivity index (χ1n) is 7.62. The van der Waals surface area contributed by atoms with Crippen molar-refractivity contribution in [2.24, 2.45) is 10.7 Å². The van der Waals surface area contributed by atoms with E-state index in [4.69, 9.17) is 26.8 Å². The summed E-state index contributed by atoms with van der Waals surface area (Å²) in [6.07, 6.45) is 0.784. The molecule has 0 aliphatic rings. The Hall–Kier alpha value is -1.67. The van der Waals surface area contributed by atoms with Gasteiger partial charge in [0.25, 0.3) is 0 Å². The quantitative estimate of drug-likeness (QED) is 0.365. The number of guanidine groups is 1. The van der Waals surface area contributed by atoms with E-state index in [0.29, 0.717) is 30.5 Å². The highest BCUT2D eigenvalue weighted by Gasteiger charge is 2.04. The molecular weight excluding hydrogens is 453 g/mol. The molecule has 0 aliphatic carbocycles. The van der Waals surface area contributed by atoms with Crippen molar-refractivity contribution in [3.05, 3.63) is 58.6 Å². The van der Waals surface area contributed by atoms with Crippen LogP contribution in [0.2, 0.25) is 5.02 Å². The molecule has 2 rings (SSSR count). The molecule has 2 aromatic carbocycles. The van der Waals surface area contributed by atoms with E-state index in [1.165, 1.54) is 0 Å². The van der Waals surface area contributed by atoms with Crippen LogP contribution in [0.15, 0.2) is 47.5 Å². The summed E-state index contributed by atoms with van der Waals surface area (Å²) in [5, 5.41) is 3.86. The minimum atomic E-state index is 0. The molecule has 0 aliphatic heterocycles. The first kappa shape index (κ1) is 21.4. The minimum Gasteiger partial charge on any atom is -0.493 e. The third-order valence-corrected chi connectivity index (χ3v) is 3.91. The predicted molar refractivity (Wildman–Crippen MR) is 113 cm³/mol. The van der Waals surface area contributed by atoms with Crippen molar-refractivity contribution in [3.8, 4) is 11.5 Å². The van der Waals surface area contributed by atoms with Crippen LogP contribution in [-0.4, -0.2) is 26.7 Å². The van der Waals surface area contributed by atoms with Crippen LogP contribution in [0.3, 0.4) is 0 Å². The van der Waals surface area contributed by atoms with Gasteiger partial charge in [0.2, 0.25) is 0 Å². The molecule has 0 atom stereocenters. The van der Waals surface area contributed by atoms with E-state index >= 15 is 0 Å².